The van der Waals surface area contributed by atoms with Crippen molar-refractivity contribution in [1.29, 1.82) is 5.26 Å². The Labute approximate surface area is 115 Å². The molecule has 2 rings (SSSR count). The number of carbonyl (C=O) groups excluding carboxylic acids is 1. The summed E-state index contributed by atoms with van der Waals surface area (Å²) < 4.78 is 0. The first kappa shape index (κ1) is 13.5. The third-order valence-corrected chi connectivity index (χ3v) is 2.95. The van der Waals surface area contributed by atoms with Crippen LogP contribution in [-0.2, 0) is 6.42 Å². The first-order valence-electron chi connectivity index (χ1n) is 5.97. The van der Waals surface area contributed by atoms with Crippen molar-refractivity contribution in [3.63, 3.8) is 0 Å². The molecule has 0 saturated heterocycles. The van der Waals surface area contributed by atoms with Crippen molar-refractivity contribution in [3.8, 4) is 6.07 Å². The van der Waals surface area contributed by atoms with E-state index in [9.17, 15) is 9.59 Å². The van der Waals surface area contributed by atoms with Crippen LogP contribution < -0.4 is 0 Å². The molecule has 0 fully saturated rings. The minimum atomic E-state index is -1.14. The number of carboxylic acids is 1. The lowest BCUT2D eigenvalue weighted by Gasteiger charge is -2.06. The summed E-state index contributed by atoms with van der Waals surface area (Å²) in [6, 6.07) is 14.9. The zero-order chi connectivity index (χ0) is 14.5. The van der Waals surface area contributed by atoms with Gasteiger partial charge >= 0.3 is 5.97 Å². The molecular formula is C16H11NO3. The number of carbonyl (C=O) groups is 2. The van der Waals surface area contributed by atoms with Gasteiger partial charge in [-0.2, -0.15) is 5.26 Å². The van der Waals surface area contributed by atoms with Gasteiger partial charge in [0, 0.05) is 12.0 Å². The molecule has 98 valence electrons. The van der Waals surface area contributed by atoms with Crippen LogP contribution in [0.25, 0.3) is 0 Å². The lowest BCUT2D eigenvalue weighted by atomic mass is 9.96. The number of benzene rings is 2. The molecule has 0 radical (unpaired) electrons. The Morgan fingerprint density at radius 2 is 1.60 bits per heavy atom. The van der Waals surface area contributed by atoms with E-state index in [1.807, 2.05) is 6.07 Å². The number of Topliss-reactive ketones (excluding diaryl/α,β-unsaturated/α-hetero) is 1. The van der Waals surface area contributed by atoms with Crippen molar-refractivity contribution < 1.29 is 14.7 Å². The highest BCUT2D eigenvalue weighted by atomic mass is 16.4. The van der Waals surface area contributed by atoms with Crippen LogP contribution in [0.2, 0.25) is 0 Å². The minimum absolute atomic E-state index is 0.00796. The van der Waals surface area contributed by atoms with Crippen LogP contribution >= 0.6 is 0 Å². The standard InChI is InChI=1S/C16H11NO3/c17-10-12-6-2-1-5-11(12)9-15(18)13-7-3-4-8-14(13)16(19)20/h1-8H,9H2,(H,19,20). The molecule has 4 nitrogen and oxygen atoms in total. The summed E-state index contributed by atoms with van der Waals surface area (Å²) in [4.78, 5) is 23.3. The zero-order valence-electron chi connectivity index (χ0n) is 10.5. The van der Waals surface area contributed by atoms with Gasteiger partial charge in [0.2, 0.25) is 0 Å². The number of carboxylic acid groups (broad SMARTS) is 1. The summed E-state index contributed by atoms with van der Waals surface area (Å²) in [5, 5.41) is 18.1. The molecule has 0 bridgehead atoms. The maximum atomic E-state index is 12.2. The molecule has 2 aromatic rings. The first-order valence-corrected chi connectivity index (χ1v) is 5.97. The molecule has 20 heavy (non-hydrogen) atoms. The average Bonchev–Trinajstić information content (AvgIpc) is 2.47. The van der Waals surface area contributed by atoms with E-state index in [0.717, 1.165) is 0 Å². The third kappa shape index (κ3) is 2.73. The molecule has 4 heteroatoms. The predicted molar refractivity (Wildman–Crippen MR) is 72.6 cm³/mol. The van der Waals surface area contributed by atoms with Crippen LogP contribution in [0, 0.1) is 11.3 Å². The average molecular weight is 265 g/mol. The van der Waals surface area contributed by atoms with Crippen LogP contribution in [-0.4, -0.2) is 16.9 Å². The van der Waals surface area contributed by atoms with Crippen LogP contribution in [0.5, 0.6) is 0 Å². The SMILES string of the molecule is N#Cc1ccccc1CC(=O)c1ccccc1C(=O)O. The van der Waals surface area contributed by atoms with Gasteiger partial charge in [-0.15, -0.1) is 0 Å². The number of rotatable bonds is 4. The summed E-state index contributed by atoms with van der Waals surface area (Å²) in [5.74, 6) is -1.45. The second-order valence-electron chi connectivity index (χ2n) is 4.22. The second-order valence-corrected chi connectivity index (χ2v) is 4.22. The van der Waals surface area contributed by atoms with E-state index in [4.69, 9.17) is 10.4 Å². The fourth-order valence-electron chi connectivity index (χ4n) is 1.96. The van der Waals surface area contributed by atoms with Crippen LogP contribution in [0.4, 0.5) is 0 Å². The van der Waals surface area contributed by atoms with Gasteiger partial charge in [-0.1, -0.05) is 36.4 Å². The van der Waals surface area contributed by atoms with E-state index in [2.05, 4.69) is 0 Å². The number of hydrogen-bond donors (Lipinski definition) is 1. The summed E-state index contributed by atoms with van der Waals surface area (Å²) in [6.45, 7) is 0. The second kappa shape index (κ2) is 5.81. The lowest BCUT2D eigenvalue weighted by Crippen LogP contribution is -2.11. The van der Waals surface area contributed by atoms with Gasteiger partial charge in [0.1, 0.15) is 0 Å². The molecule has 0 amide bonds. The first-order chi connectivity index (χ1) is 9.63. The van der Waals surface area contributed by atoms with Crippen molar-refractivity contribution >= 4 is 11.8 Å². The Balaban J connectivity index is 2.34. The van der Waals surface area contributed by atoms with Crippen molar-refractivity contribution in [3.05, 3.63) is 70.8 Å². The molecule has 0 unspecified atom stereocenters. The quantitative estimate of drug-likeness (QED) is 0.862. The van der Waals surface area contributed by atoms with E-state index in [1.54, 1.807) is 36.4 Å². The normalized spacial score (nSPS) is 9.75. The molecule has 0 saturated carbocycles. The highest BCUT2D eigenvalue weighted by molar-refractivity contribution is 6.06. The Hall–Kier alpha value is -2.93. The van der Waals surface area contributed by atoms with Gasteiger partial charge < -0.3 is 5.11 Å². The van der Waals surface area contributed by atoms with Gasteiger partial charge in [-0.25, -0.2) is 4.79 Å². The van der Waals surface area contributed by atoms with E-state index >= 15 is 0 Å². The summed E-state index contributed by atoms with van der Waals surface area (Å²) in [7, 11) is 0. The largest absolute Gasteiger partial charge is 0.478 e. The fraction of sp³-hybridized carbons (Fsp3) is 0.0625. The smallest absolute Gasteiger partial charge is 0.336 e. The van der Waals surface area contributed by atoms with E-state index in [1.165, 1.54) is 12.1 Å². The maximum absolute atomic E-state index is 12.2. The van der Waals surface area contributed by atoms with Gasteiger partial charge in [-0.05, 0) is 17.7 Å². The van der Waals surface area contributed by atoms with Crippen LogP contribution in [0.1, 0.15) is 31.8 Å². The van der Waals surface area contributed by atoms with Crippen molar-refractivity contribution in [2.75, 3.05) is 0 Å². The molecule has 0 heterocycles. The monoisotopic (exact) mass is 265 g/mol. The van der Waals surface area contributed by atoms with E-state index in [-0.39, 0.29) is 23.3 Å². The summed E-state index contributed by atoms with van der Waals surface area (Å²) in [5.41, 5.74) is 1.16. The number of ketones is 1. The highest BCUT2D eigenvalue weighted by Crippen LogP contribution is 2.15. The molecule has 0 atom stereocenters. The number of nitriles is 1. The highest BCUT2D eigenvalue weighted by Gasteiger charge is 2.17. The Morgan fingerprint density at radius 3 is 2.25 bits per heavy atom. The maximum Gasteiger partial charge on any atom is 0.336 e. The molecule has 0 aliphatic heterocycles. The molecule has 1 N–H and O–H groups in total. The lowest BCUT2D eigenvalue weighted by molar-refractivity contribution is 0.0692. The van der Waals surface area contributed by atoms with E-state index < -0.39 is 5.97 Å². The molecule has 0 aliphatic rings. The van der Waals surface area contributed by atoms with Gasteiger partial charge in [0.15, 0.2) is 5.78 Å². The molecular weight excluding hydrogens is 254 g/mol. The minimum Gasteiger partial charge on any atom is -0.478 e. The summed E-state index contributed by atoms with van der Waals surface area (Å²) >= 11 is 0. The van der Waals surface area contributed by atoms with Gasteiger partial charge in [-0.3, -0.25) is 4.79 Å². The van der Waals surface area contributed by atoms with Crippen molar-refractivity contribution in [2.45, 2.75) is 6.42 Å². The number of hydrogen-bond acceptors (Lipinski definition) is 3. The van der Waals surface area contributed by atoms with Crippen molar-refractivity contribution in [2.24, 2.45) is 0 Å². The fourth-order valence-corrected chi connectivity index (χ4v) is 1.96. The van der Waals surface area contributed by atoms with Crippen LogP contribution in [0.15, 0.2) is 48.5 Å². The van der Waals surface area contributed by atoms with E-state index in [0.29, 0.717) is 11.1 Å². The van der Waals surface area contributed by atoms with Crippen LogP contribution in [0.3, 0.4) is 0 Å². The Morgan fingerprint density at radius 1 is 1.00 bits per heavy atom. The molecule has 0 aliphatic carbocycles. The molecule has 0 spiro atoms. The third-order valence-electron chi connectivity index (χ3n) is 2.95. The zero-order valence-corrected chi connectivity index (χ0v) is 10.5. The topological polar surface area (TPSA) is 78.2 Å². The Kier molecular flexibility index (Phi) is 3.92. The predicted octanol–water partition coefficient (Wildman–Crippen LogP) is 2.68. The van der Waals surface area contributed by atoms with Gasteiger partial charge in [0.25, 0.3) is 0 Å². The summed E-state index contributed by atoms with van der Waals surface area (Å²) in [6.07, 6.45) is 0.00796. The number of aromatic carboxylic acids is 1. The van der Waals surface area contributed by atoms with Crippen molar-refractivity contribution in [1.82, 2.24) is 0 Å². The molecule has 2 aromatic carbocycles. The Bertz CT molecular complexity index is 714. The number of nitrogens with zero attached hydrogens (tertiary/aromatic N) is 1. The van der Waals surface area contributed by atoms with Gasteiger partial charge in [0.05, 0.1) is 17.2 Å². The molecule has 0 aromatic heterocycles.